The number of rotatable bonds is 1. The van der Waals surface area contributed by atoms with Gasteiger partial charge in [-0.05, 0) is 24.6 Å². The molecular formula is C10H10N2O. The van der Waals surface area contributed by atoms with Crippen molar-refractivity contribution < 1.29 is 4.42 Å². The molecule has 2 heterocycles. The first-order valence-corrected chi connectivity index (χ1v) is 4.02. The van der Waals surface area contributed by atoms with Crippen LogP contribution in [0.1, 0.15) is 5.56 Å². The molecule has 0 fully saturated rings. The maximum atomic E-state index is 5.81. The number of nitrogens with zero attached hydrogens (tertiary/aromatic N) is 1. The van der Waals surface area contributed by atoms with Crippen molar-refractivity contribution in [3.8, 4) is 11.3 Å². The molecule has 0 saturated carbocycles. The van der Waals surface area contributed by atoms with Gasteiger partial charge in [0.1, 0.15) is 0 Å². The Kier molecular flexibility index (Phi) is 1.77. The molecule has 0 bridgehead atoms. The van der Waals surface area contributed by atoms with E-state index in [1.54, 1.807) is 18.7 Å². The summed E-state index contributed by atoms with van der Waals surface area (Å²) >= 11 is 0. The fourth-order valence-corrected chi connectivity index (χ4v) is 1.23. The first kappa shape index (κ1) is 7.86. The second kappa shape index (κ2) is 2.94. The lowest BCUT2D eigenvalue weighted by molar-refractivity contribution is 0.568. The quantitative estimate of drug-likeness (QED) is 0.721. The van der Waals surface area contributed by atoms with Crippen LogP contribution in [0, 0.1) is 6.92 Å². The van der Waals surface area contributed by atoms with Crippen LogP contribution in [0.4, 0.5) is 5.69 Å². The minimum absolute atomic E-state index is 0.682. The molecule has 2 N–H and O–H groups in total. The van der Waals surface area contributed by atoms with E-state index in [-0.39, 0.29) is 0 Å². The Morgan fingerprint density at radius 1 is 1.46 bits per heavy atom. The van der Waals surface area contributed by atoms with Crippen LogP contribution in [-0.2, 0) is 0 Å². The van der Waals surface area contributed by atoms with Gasteiger partial charge in [0.2, 0.25) is 0 Å². The van der Waals surface area contributed by atoms with E-state index in [0.29, 0.717) is 5.69 Å². The van der Waals surface area contributed by atoms with Gasteiger partial charge in [-0.15, -0.1) is 0 Å². The lowest BCUT2D eigenvalue weighted by atomic mass is 10.1. The molecule has 2 aromatic heterocycles. The van der Waals surface area contributed by atoms with Gasteiger partial charge in [0, 0.05) is 11.8 Å². The normalized spacial score (nSPS) is 10.2. The second-order valence-electron chi connectivity index (χ2n) is 2.96. The molecule has 3 heteroatoms. The van der Waals surface area contributed by atoms with Gasteiger partial charge in [0.05, 0.1) is 23.9 Å². The number of pyridine rings is 1. The standard InChI is InChI=1S/C10H10N2O/c1-7-4-9(11)10(12-5-7)8-2-3-13-6-8/h2-6H,11H2,1H3. The third-order valence-corrected chi connectivity index (χ3v) is 1.85. The SMILES string of the molecule is Cc1cnc(-c2ccoc2)c(N)c1. The second-order valence-corrected chi connectivity index (χ2v) is 2.96. The fraction of sp³-hybridized carbons (Fsp3) is 0.100. The summed E-state index contributed by atoms with van der Waals surface area (Å²) < 4.78 is 4.96. The van der Waals surface area contributed by atoms with E-state index in [1.807, 2.05) is 19.1 Å². The summed E-state index contributed by atoms with van der Waals surface area (Å²) in [6, 6.07) is 3.74. The smallest absolute Gasteiger partial charge is 0.0997 e. The summed E-state index contributed by atoms with van der Waals surface area (Å²) in [7, 11) is 0. The van der Waals surface area contributed by atoms with Gasteiger partial charge < -0.3 is 10.2 Å². The number of hydrogen-bond donors (Lipinski definition) is 1. The van der Waals surface area contributed by atoms with E-state index in [0.717, 1.165) is 16.8 Å². The van der Waals surface area contributed by atoms with Gasteiger partial charge >= 0.3 is 0 Å². The molecule has 2 aromatic rings. The van der Waals surface area contributed by atoms with Crippen LogP contribution in [0.25, 0.3) is 11.3 Å². The van der Waals surface area contributed by atoms with Crippen LogP contribution >= 0.6 is 0 Å². The molecule has 0 atom stereocenters. The third kappa shape index (κ3) is 1.40. The Balaban J connectivity index is 2.53. The number of hydrogen-bond acceptors (Lipinski definition) is 3. The Hall–Kier alpha value is -1.77. The van der Waals surface area contributed by atoms with E-state index >= 15 is 0 Å². The fourth-order valence-electron chi connectivity index (χ4n) is 1.23. The number of aryl methyl sites for hydroxylation is 1. The summed E-state index contributed by atoms with van der Waals surface area (Å²) in [5.41, 5.74) is 9.24. The summed E-state index contributed by atoms with van der Waals surface area (Å²) in [6.45, 7) is 1.96. The molecule has 0 unspecified atom stereocenters. The molecule has 0 saturated heterocycles. The molecule has 2 rings (SSSR count). The highest BCUT2D eigenvalue weighted by atomic mass is 16.3. The van der Waals surface area contributed by atoms with Crippen molar-refractivity contribution in [2.75, 3.05) is 5.73 Å². The van der Waals surface area contributed by atoms with Gasteiger partial charge in [-0.25, -0.2) is 0 Å². The van der Waals surface area contributed by atoms with Gasteiger partial charge in [-0.1, -0.05) is 0 Å². The summed E-state index contributed by atoms with van der Waals surface area (Å²) in [4.78, 5) is 4.24. The minimum atomic E-state index is 0.682. The van der Waals surface area contributed by atoms with Crippen molar-refractivity contribution in [1.29, 1.82) is 0 Å². The van der Waals surface area contributed by atoms with E-state index in [4.69, 9.17) is 10.2 Å². The van der Waals surface area contributed by atoms with Crippen LogP contribution in [0.15, 0.2) is 35.3 Å². The molecule has 3 nitrogen and oxygen atoms in total. The van der Waals surface area contributed by atoms with Crippen molar-refractivity contribution in [3.05, 3.63) is 36.4 Å². The number of nitrogens with two attached hydrogens (primary N) is 1. The maximum absolute atomic E-state index is 5.81. The Morgan fingerprint density at radius 2 is 2.31 bits per heavy atom. The molecule has 0 spiro atoms. The van der Waals surface area contributed by atoms with Crippen molar-refractivity contribution in [2.24, 2.45) is 0 Å². The highest BCUT2D eigenvalue weighted by molar-refractivity contribution is 5.71. The molecule has 0 aromatic carbocycles. The summed E-state index contributed by atoms with van der Waals surface area (Å²) in [6.07, 6.45) is 5.03. The molecule has 0 aliphatic carbocycles. The van der Waals surface area contributed by atoms with E-state index < -0.39 is 0 Å². The topological polar surface area (TPSA) is 52.0 Å². The van der Waals surface area contributed by atoms with Gasteiger partial charge in [-0.3, -0.25) is 4.98 Å². The van der Waals surface area contributed by atoms with Crippen molar-refractivity contribution >= 4 is 5.69 Å². The average Bonchev–Trinajstić information content (AvgIpc) is 2.56. The molecule has 66 valence electrons. The Bertz CT molecular complexity index is 407. The largest absolute Gasteiger partial charge is 0.472 e. The molecule has 13 heavy (non-hydrogen) atoms. The maximum Gasteiger partial charge on any atom is 0.0997 e. The molecule has 0 amide bonds. The van der Waals surface area contributed by atoms with Crippen molar-refractivity contribution in [2.45, 2.75) is 6.92 Å². The highest BCUT2D eigenvalue weighted by Crippen LogP contribution is 2.23. The summed E-state index contributed by atoms with van der Waals surface area (Å²) in [5, 5.41) is 0. The highest BCUT2D eigenvalue weighted by Gasteiger charge is 2.04. The zero-order valence-corrected chi connectivity index (χ0v) is 7.32. The third-order valence-electron chi connectivity index (χ3n) is 1.85. The molecular weight excluding hydrogens is 164 g/mol. The predicted octanol–water partition coefficient (Wildman–Crippen LogP) is 2.23. The van der Waals surface area contributed by atoms with Crippen LogP contribution in [0.3, 0.4) is 0 Å². The lowest BCUT2D eigenvalue weighted by Crippen LogP contribution is -1.93. The van der Waals surface area contributed by atoms with Gasteiger partial charge in [0.15, 0.2) is 0 Å². The number of aromatic nitrogens is 1. The molecule has 0 aliphatic heterocycles. The van der Waals surface area contributed by atoms with E-state index in [1.165, 1.54) is 0 Å². The van der Waals surface area contributed by atoms with E-state index in [2.05, 4.69) is 4.98 Å². The van der Waals surface area contributed by atoms with Gasteiger partial charge in [0.25, 0.3) is 0 Å². The Morgan fingerprint density at radius 3 is 2.92 bits per heavy atom. The van der Waals surface area contributed by atoms with Crippen LogP contribution in [0.2, 0.25) is 0 Å². The number of furan rings is 1. The zero-order chi connectivity index (χ0) is 9.26. The first-order chi connectivity index (χ1) is 6.27. The van der Waals surface area contributed by atoms with Crippen molar-refractivity contribution in [3.63, 3.8) is 0 Å². The molecule has 0 radical (unpaired) electrons. The van der Waals surface area contributed by atoms with E-state index in [9.17, 15) is 0 Å². The lowest BCUT2D eigenvalue weighted by Gasteiger charge is -2.01. The zero-order valence-electron chi connectivity index (χ0n) is 7.32. The summed E-state index contributed by atoms with van der Waals surface area (Å²) in [5.74, 6) is 0. The van der Waals surface area contributed by atoms with Crippen molar-refractivity contribution in [1.82, 2.24) is 4.98 Å². The first-order valence-electron chi connectivity index (χ1n) is 4.02. The van der Waals surface area contributed by atoms with Gasteiger partial charge in [-0.2, -0.15) is 0 Å². The molecule has 0 aliphatic rings. The average molecular weight is 174 g/mol. The minimum Gasteiger partial charge on any atom is -0.472 e. The number of anilines is 1. The predicted molar refractivity (Wildman–Crippen MR) is 51.1 cm³/mol. The van der Waals surface area contributed by atoms with Crippen LogP contribution in [0.5, 0.6) is 0 Å². The van der Waals surface area contributed by atoms with Crippen LogP contribution in [-0.4, -0.2) is 4.98 Å². The number of nitrogen functional groups attached to an aromatic ring is 1. The van der Waals surface area contributed by atoms with Crippen LogP contribution < -0.4 is 5.73 Å². The monoisotopic (exact) mass is 174 g/mol. The Labute approximate surface area is 76.2 Å².